The molecule has 1 N–H and O–H groups in total. The van der Waals surface area contributed by atoms with E-state index in [1.54, 1.807) is 0 Å². The van der Waals surface area contributed by atoms with Gasteiger partial charge in [0.1, 0.15) is 0 Å². The van der Waals surface area contributed by atoms with E-state index in [9.17, 15) is 5.11 Å². The van der Waals surface area contributed by atoms with E-state index in [-0.39, 0.29) is 0 Å². The lowest BCUT2D eigenvalue weighted by Gasteiger charge is -2.45. The van der Waals surface area contributed by atoms with Crippen molar-refractivity contribution in [1.82, 2.24) is 9.80 Å². The van der Waals surface area contributed by atoms with Gasteiger partial charge in [0.25, 0.3) is 0 Å². The topological polar surface area (TPSA) is 26.7 Å². The number of nitrogens with zero attached hydrogens (tertiary/aromatic N) is 2. The molecule has 3 heteroatoms. The Labute approximate surface area is 125 Å². The van der Waals surface area contributed by atoms with Crippen molar-refractivity contribution in [2.45, 2.75) is 70.9 Å². The van der Waals surface area contributed by atoms with Crippen LogP contribution in [-0.4, -0.2) is 59.8 Å². The second-order valence-corrected chi connectivity index (χ2v) is 6.78. The van der Waals surface area contributed by atoms with Crippen molar-refractivity contribution in [3.63, 3.8) is 0 Å². The predicted octanol–water partition coefficient (Wildman–Crippen LogP) is 2.73. The molecule has 118 valence electrons. The molecule has 1 atom stereocenters. The van der Waals surface area contributed by atoms with E-state index >= 15 is 0 Å². The lowest BCUT2D eigenvalue weighted by atomic mass is 10.00. The smallest absolute Gasteiger partial charge is 0.0446 e. The van der Waals surface area contributed by atoms with Crippen LogP contribution >= 0.6 is 0 Å². The van der Waals surface area contributed by atoms with Gasteiger partial charge in [-0.05, 0) is 25.2 Å². The maximum Gasteiger partial charge on any atom is 0.0446 e. The van der Waals surface area contributed by atoms with Gasteiger partial charge in [-0.2, -0.15) is 0 Å². The molecule has 0 spiro atoms. The fraction of sp³-hybridized carbons (Fsp3) is 1.00. The molecule has 3 nitrogen and oxygen atoms in total. The van der Waals surface area contributed by atoms with Crippen LogP contribution in [0.25, 0.3) is 0 Å². The van der Waals surface area contributed by atoms with Crippen molar-refractivity contribution in [3.05, 3.63) is 0 Å². The maximum absolute atomic E-state index is 9.39. The zero-order valence-electron chi connectivity index (χ0n) is 13.6. The Morgan fingerprint density at radius 2 is 1.80 bits per heavy atom. The highest BCUT2D eigenvalue weighted by atomic mass is 16.3. The molecule has 0 radical (unpaired) electrons. The Morgan fingerprint density at radius 1 is 1.10 bits per heavy atom. The molecule has 1 saturated carbocycles. The molecule has 1 aliphatic heterocycles. The molecule has 2 fully saturated rings. The fourth-order valence-electron chi connectivity index (χ4n) is 4.13. The molecule has 0 aromatic carbocycles. The van der Waals surface area contributed by atoms with E-state index in [0.717, 1.165) is 18.4 Å². The average Bonchev–Trinajstić information content (AvgIpc) is 2.99. The molecule has 0 aromatic rings. The third kappa shape index (κ3) is 4.19. The van der Waals surface area contributed by atoms with Crippen LogP contribution in [0.1, 0.15) is 58.8 Å². The molecule has 20 heavy (non-hydrogen) atoms. The summed E-state index contributed by atoms with van der Waals surface area (Å²) in [5, 5.41) is 9.39. The van der Waals surface area contributed by atoms with Crippen molar-refractivity contribution >= 4 is 0 Å². The number of aliphatic hydroxyl groups excluding tert-OH is 1. The molecular formula is C17H34N2O. The van der Waals surface area contributed by atoms with Crippen molar-refractivity contribution < 1.29 is 5.11 Å². The van der Waals surface area contributed by atoms with E-state index in [4.69, 9.17) is 0 Å². The highest BCUT2D eigenvalue weighted by Gasteiger charge is 2.33. The van der Waals surface area contributed by atoms with Gasteiger partial charge < -0.3 is 10.0 Å². The molecule has 2 rings (SSSR count). The summed E-state index contributed by atoms with van der Waals surface area (Å²) in [5.74, 6) is 0.850. The SMILES string of the molecule is CCC(CC)CN1CCN(C2CCCC2)C(CCO)C1. The van der Waals surface area contributed by atoms with Crippen LogP contribution < -0.4 is 0 Å². The van der Waals surface area contributed by atoms with Gasteiger partial charge >= 0.3 is 0 Å². The van der Waals surface area contributed by atoms with Crippen molar-refractivity contribution in [2.75, 3.05) is 32.8 Å². The summed E-state index contributed by atoms with van der Waals surface area (Å²) in [6, 6.07) is 1.40. The lowest BCUT2D eigenvalue weighted by molar-refractivity contribution is 0.0233. The quantitative estimate of drug-likeness (QED) is 0.778. The molecular weight excluding hydrogens is 248 g/mol. The van der Waals surface area contributed by atoms with Gasteiger partial charge in [0.05, 0.1) is 0 Å². The van der Waals surface area contributed by atoms with Gasteiger partial charge in [-0.15, -0.1) is 0 Å². The van der Waals surface area contributed by atoms with E-state index < -0.39 is 0 Å². The first-order valence-electron chi connectivity index (χ1n) is 8.87. The van der Waals surface area contributed by atoms with E-state index in [1.807, 2.05) is 0 Å². The fourth-order valence-corrected chi connectivity index (χ4v) is 4.13. The molecule has 0 bridgehead atoms. The zero-order chi connectivity index (χ0) is 14.4. The van der Waals surface area contributed by atoms with Crippen molar-refractivity contribution in [3.8, 4) is 0 Å². The first-order chi connectivity index (χ1) is 9.78. The normalized spacial score (nSPS) is 26.7. The third-order valence-electron chi connectivity index (χ3n) is 5.54. The van der Waals surface area contributed by atoms with E-state index in [1.165, 1.54) is 64.7 Å². The van der Waals surface area contributed by atoms with Gasteiger partial charge in [0.2, 0.25) is 0 Å². The Morgan fingerprint density at radius 3 is 2.40 bits per heavy atom. The van der Waals surface area contributed by atoms with E-state index in [0.29, 0.717) is 12.6 Å². The van der Waals surface area contributed by atoms with Crippen molar-refractivity contribution in [1.29, 1.82) is 0 Å². The van der Waals surface area contributed by atoms with Gasteiger partial charge in [0.15, 0.2) is 0 Å². The third-order valence-corrected chi connectivity index (χ3v) is 5.54. The minimum Gasteiger partial charge on any atom is -0.396 e. The Kier molecular flexibility index (Phi) is 6.79. The standard InChI is InChI=1S/C17H34N2O/c1-3-15(4-2)13-18-10-11-19(16-7-5-6-8-16)17(14-18)9-12-20/h15-17,20H,3-14H2,1-2H3. The molecule has 0 aromatic heterocycles. The highest BCUT2D eigenvalue weighted by Crippen LogP contribution is 2.28. The molecule has 1 unspecified atom stereocenters. The van der Waals surface area contributed by atoms with Crippen molar-refractivity contribution in [2.24, 2.45) is 5.92 Å². The van der Waals surface area contributed by atoms with Crippen LogP contribution in [-0.2, 0) is 0 Å². The first-order valence-corrected chi connectivity index (χ1v) is 8.87. The van der Waals surface area contributed by atoms with Crippen LogP contribution in [0.4, 0.5) is 0 Å². The first kappa shape index (κ1) is 16.3. The number of hydrogen-bond acceptors (Lipinski definition) is 3. The monoisotopic (exact) mass is 282 g/mol. The zero-order valence-corrected chi connectivity index (χ0v) is 13.6. The number of aliphatic hydroxyl groups is 1. The van der Waals surface area contributed by atoms with Gasteiger partial charge in [-0.3, -0.25) is 4.90 Å². The van der Waals surface area contributed by atoms with E-state index in [2.05, 4.69) is 23.6 Å². The second-order valence-electron chi connectivity index (χ2n) is 6.78. The number of hydrogen-bond donors (Lipinski definition) is 1. The summed E-state index contributed by atoms with van der Waals surface area (Å²) in [4.78, 5) is 5.38. The Balaban J connectivity index is 1.89. The summed E-state index contributed by atoms with van der Waals surface area (Å²) in [6.45, 7) is 9.85. The average molecular weight is 282 g/mol. The number of piperazine rings is 1. The molecule has 1 saturated heterocycles. The summed E-state index contributed by atoms with van der Waals surface area (Å²) in [5.41, 5.74) is 0. The molecule has 0 amide bonds. The minimum atomic E-state index is 0.340. The maximum atomic E-state index is 9.39. The summed E-state index contributed by atoms with van der Waals surface area (Å²) >= 11 is 0. The molecule has 1 heterocycles. The van der Waals surface area contributed by atoms with Crippen LogP contribution in [0.5, 0.6) is 0 Å². The summed E-state index contributed by atoms with van der Waals surface area (Å²) in [6.07, 6.45) is 9.13. The van der Waals surface area contributed by atoms with Gasteiger partial charge in [-0.25, -0.2) is 0 Å². The number of rotatable bonds is 7. The van der Waals surface area contributed by atoms with Crippen LogP contribution in [0, 0.1) is 5.92 Å². The van der Waals surface area contributed by atoms with Crippen LogP contribution in [0.2, 0.25) is 0 Å². The Bertz CT molecular complexity index is 262. The summed E-state index contributed by atoms with van der Waals surface area (Å²) in [7, 11) is 0. The summed E-state index contributed by atoms with van der Waals surface area (Å²) < 4.78 is 0. The van der Waals surface area contributed by atoms with Crippen LogP contribution in [0.15, 0.2) is 0 Å². The van der Waals surface area contributed by atoms with Gasteiger partial charge in [0, 0.05) is 44.9 Å². The van der Waals surface area contributed by atoms with Gasteiger partial charge in [-0.1, -0.05) is 39.5 Å². The minimum absolute atomic E-state index is 0.340. The highest BCUT2D eigenvalue weighted by molar-refractivity contribution is 4.89. The molecule has 1 aliphatic carbocycles. The van der Waals surface area contributed by atoms with Crippen LogP contribution in [0.3, 0.4) is 0 Å². The lowest BCUT2D eigenvalue weighted by Crippen LogP contribution is -2.56. The molecule has 2 aliphatic rings. The predicted molar refractivity (Wildman–Crippen MR) is 85.0 cm³/mol. The second kappa shape index (κ2) is 8.35. The largest absolute Gasteiger partial charge is 0.396 e. The Hall–Kier alpha value is -0.120.